The van der Waals surface area contributed by atoms with Crippen molar-refractivity contribution in [3.63, 3.8) is 0 Å². The highest BCUT2D eigenvalue weighted by Crippen LogP contribution is 2.10. The molecule has 3 nitrogen and oxygen atoms in total. The van der Waals surface area contributed by atoms with Crippen molar-refractivity contribution in [2.75, 3.05) is 0 Å². The van der Waals surface area contributed by atoms with Gasteiger partial charge in [0.2, 0.25) is 0 Å². The molecule has 0 bridgehead atoms. The molecule has 0 heterocycles. The standard InChI is InChI=1S/C6H14O3Si/c1-5(9-6(7)8)10(2,3)4/h5H,1-4H3,(H,7,8). The minimum Gasteiger partial charge on any atom is -0.450 e. The molecular formula is C6H14O3Si. The van der Waals surface area contributed by atoms with Gasteiger partial charge in [-0.1, -0.05) is 19.6 Å². The monoisotopic (exact) mass is 162 g/mol. The van der Waals surface area contributed by atoms with Crippen LogP contribution in [-0.2, 0) is 4.74 Å². The van der Waals surface area contributed by atoms with E-state index in [1.165, 1.54) is 0 Å². The molecule has 0 spiro atoms. The molecular weight excluding hydrogens is 148 g/mol. The molecule has 0 aliphatic carbocycles. The number of carboxylic acid groups (broad SMARTS) is 1. The Hall–Kier alpha value is -0.513. The van der Waals surface area contributed by atoms with E-state index < -0.39 is 14.2 Å². The summed E-state index contributed by atoms with van der Waals surface area (Å²) in [7, 11) is -1.43. The van der Waals surface area contributed by atoms with Crippen LogP contribution in [-0.4, -0.2) is 25.1 Å². The van der Waals surface area contributed by atoms with Gasteiger partial charge >= 0.3 is 6.16 Å². The summed E-state index contributed by atoms with van der Waals surface area (Å²) in [6.07, 6.45) is -1.17. The molecule has 0 aliphatic rings. The molecule has 0 aliphatic heterocycles. The molecule has 1 unspecified atom stereocenters. The molecule has 10 heavy (non-hydrogen) atoms. The fourth-order valence-electron chi connectivity index (χ4n) is 0.328. The fourth-order valence-corrected chi connectivity index (χ4v) is 0.782. The van der Waals surface area contributed by atoms with Crippen molar-refractivity contribution in [1.29, 1.82) is 0 Å². The number of ether oxygens (including phenoxy) is 1. The Kier molecular flexibility index (Phi) is 2.89. The molecule has 0 rings (SSSR count). The first-order valence-corrected chi connectivity index (χ1v) is 6.81. The Labute approximate surface area is 62.0 Å². The smallest absolute Gasteiger partial charge is 0.450 e. The predicted molar refractivity (Wildman–Crippen MR) is 41.9 cm³/mol. The molecule has 0 radical (unpaired) electrons. The second kappa shape index (κ2) is 3.05. The SMILES string of the molecule is CC(OC(=O)O)[Si](C)(C)C. The molecule has 0 fully saturated rings. The van der Waals surface area contributed by atoms with Gasteiger partial charge in [-0.25, -0.2) is 4.79 Å². The van der Waals surface area contributed by atoms with Gasteiger partial charge in [0.15, 0.2) is 0 Å². The fraction of sp³-hybridized carbons (Fsp3) is 0.833. The van der Waals surface area contributed by atoms with Gasteiger partial charge < -0.3 is 9.84 Å². The second-order valence-corrected chi connectivity index (χ2v) is 8.94. The third-order valence-electron chi connectivity index (χ3n) is 1.50. The molecule has 0 saturated carbocycles. The highest BCUT2D eigenvalue weighted by molar-refractivity contribution is 6.77. The summed E-state index contributed by atoms with van der Waals surface area (Å²) in [6, 6.07) is 0. The van der Waals surface area contributed by atoms with E-state index >= 15 is 0 Å². The summed E-state index contributed by atoms with van der Waals surface area (Å²) >= 11 is 0. The molecule has 0 aromatic rings. The largest absolute Gasteiger partial charge is 0.505 e. The maximum Gasteiger partial charge on any atom is 0.505 e. The summed E-state index contributed by atoms with van der Waals surface area (Å²) in [5, 5.41) is 8.25. The zero-order valence-corrected chi connectivity index (χ0v) is 7.84. The van der Waals surface area contributed by atoms with Crippen LogP contribution in [0.25, 0.3) is 0 Å². The average molecular weight is 162 g/mol. The predicted octanol–water partition coefficient (Wildman–Crippen LogP) is 1.95. The zero-order chi connectivity index (χ0) is 8.36. The maximum atomic E-state index is 10.1. The minimum absolute atomic E-state index is 0.120. The molecule has 0 saturated heterocycles. The number of hydrogen-bond donors (Lipinski definition) is 1. The van der Waals surface area contributed by atoms with Crippen LogP contribution >= 0.6 is 0 Å². The number of rotatable bonds is 2. The Morgan fingerprint density at radius 1 is 1.50 bits per heavy atom. The highest BCUT2D eigenvalue weighted by Gasteiger charge is 2.25. The van der Waals surface area contributed by atoms with Gasteiger partial charge in [-0.3, -0.25) is 0 Å². The first kappa shape index (κ1) is 9.49. The molecule has 60 valence electrons. The van der Waals surface area contributed by atoms with Crippen LogP contribution in [0.4, 0.5) is 4.79 Å². The lowest BCUT2D eigenvalue weighted by molar-refractivity contribution is 0.0815. The van der Waals surface area contributed by atoms with Crippen molar-refractivity contribution in [3.8, 4) is 0 Å². The third-order valence-corrected chi connectivity index (χ3v) is 4.05. The summed E-state index contributed by atoms with van der Waals surface area (Å²) in [6.45, 7) is 8.02. The highest BCUT2D eigenvalue weighted by atomic mass is 28.3. The van der Waals surface area contributed by atoms with E-state index in [0.717, 1.165) is 0 Å². The van der Waals surface area contributed by atoms with Crippen LogP contribution in [0.2, 0.25) is 19.6 Å². The molecule has 1 N–H and O–H groups in total. The topological polar surface area (TPSA) is 46.5 Å². The van der Waals surface area contributed by atoms with Gasteiger partial charge in [0.25, 0.3) is 0 Å². The van der Waals surface area contributed by atoms with E-state index in [0.29, 0.717) is 0 Å². The molecule has 0 aromatic heterocycles. The van der Waals surface area contributed by atoms with E-state index in [9.17, 15) is 4.79 Å². The van der Waals surface area contributed by atoms with Gasteiger partial charge in [-0.05, 0) is 6.92 Å². The van der Waals surface area contributed by atoms with Crippen molar-refractivity contribution in [2.45, 2.75) is 32.3 Å². The van der Waals surface area contributed by atoms with Crippen LogP contribution in [0.5, 0.6) is 0 Å². The Bertz CT molecular complexity index is 127. The lowest BCUT2D eigenvalue weighted by atomic mass is 10.8. The van der Waals surface area contributed by atoms with Gasteiger partial charge in [0.05, 0.1) is 13.8 Å². The Morgan fingerprint density at radius 2 is 1.90 bits per heavy atom. The van der Waals surface area contributed by atoms with E-state index in [2.05, 4.69) is 24.4 Å². The van der Waals surface area contributed by atoms with Crippen molar-refractivity contribution >= 4 is 14.2 Å². The van der Waals surface area contributed by atoms with Gasteiger partial charge in [0, 0.05) is 0 Å². The van der Waals surface area contributed by atoms with Gasteiger partial charge in [-0.2, -0.15) is 0 Å². The summed E-state index contributed by atoms with van der Waals surface area (Å²) in [4.78, 5) is 10.1. The van der Waals surface area contributed by atoms with Crippen molar-refractivity contribution in [2.24, 2.45) is 0 Å². The normalized spacial score (nSPS) is 14.4. The number of carbonyl (C=O) groups is 1. The maximum absolute atomic E-state index is 10.1. The average Bonchev–Trinajstić information content (AvgIpc) is 1.60. The molecule has 4 heteroatoms. The summed E-state index contributed by atoms with van der Waals surface area (Å²) in [5.74, 6) is 0. The van der Waals surface area contributed by atoms with E-state index in [1.807, 2.05) is 0 Å². The van der Waals surface area contributed by atoms with E-state index in [4.69, 9.17) is 5.11 Å². The first-order chi connectivity index (χ1) is 4.34. The first-order valence-electron chi connectivity index (χ1n) is 3.23. The summed E-state index contributed by atoms with van der Waals surface area (Å²) < 4.78 is 4.59. The van der Waals surface area contributed by atoms with E-state index in [1.54, 1.807) is 6.92 Å². The van der Waals surface area contributed by atoms with Crippen molar-refractivity contribution < 1.29 is 14.6 Å². The van der Waals surface area contributed by atoms with Gasteiger partial charge in [0.1, 0.15) is 0 Å². The third kappa shape index (κ3) is 3.50. The van der Waals surface area contributed by atoms with Crippen LogP contribution in [0, 0.1) is 0 Å². The molecule has 0 amide bonds. The molecule has 1 atom stereocenters. The molecule has 0 aromatic carbocycles. The zero-order valence-electron chi connectivity index (χ0n) is 6.84. The number of hydrogen-bond acceptors (Lipinski definition) is 2. The van der Waals surface area contributed by atoms with Crippen LogP contribution in [0.1, 0.15) is 6.92 Å². The second-order valence-electron chi connectivity index (χ2n) is 3.39. The minimum atomic E-state index is -1.43. The van der Waals surface area contributed by atoms with Crippen LogP contribution in [0.3, 0.4) is 0 Å². The quantitative estimate of drug-likeness (QED) is 0.498. The summed E-state index contributed by atoms with van der Waals surface area (Å²) in [5.41, 5.74) is -0.120. The lowest BCUT2D eigenvalue weighted by Crippen LogP contribution is -2.39. The van der Waals surface area contributed by atoms with Crippen LogP contribution < -0.4 is 0 Å². The van der Waals surface area contributed by atoms with Crippen LogP contribution in [0.15, 0.2) is 0 Å². The van der Waals surface area contributed by atoms with Crippen molar-refractivity contribution in [1.82, 2.24) is 0 Å². The van der Waals surface area contributed by atoms with Crippen molar-refractivity contribution in [3.05, 3.63) is 0 Å². The Morgan fingerprint density at radius 3 is 2.00 bits per heavy atom. The Balaban J connectivity index is 3.85. The van der Waals surface area contributed by atoms with Gasteiger partial charge in [-0.15, -0.1) is 0 Å². The van der Waals surface area contributed by atoms with E-state index in [-0.39, 0.29) is 5.73 Å². The lowest BCUT2D eigenvalue weighted by Gasteiger charge is -2.23.